The molecule has 0 amide bonds. The van der Waals surface area contributed by atoms with Crippen molar-refractivity contribution in [3.63, 3.8) is 0 Å². The summed E-state index contributed by atoms with van der Waals surface area (Å²) in [4.78, 5) is 0. The Bertz CT molecular complexity index is 1820. The smallest absolute Gasteiger partial charge is 0.230 e. The van der Waals surface area contributed by atoms with Gasteiger partial charge in [-0.15, -0.1) is 0 Å². The lowest BCUT2D eigenvalue weighted by Crippen LogP contribution is -2.06. The van der Waals surface area contributed by atoms with Gasteiger partial charge in [-0.1, -0.05) is 78.4 Å². The quantitative estimate of drug-likeness (QED) is 0.179. The Balaban J connectivity index is 1.41. The molecular weight excluding hydrogens is 516 g/mol. The van der Waals surface area contributed by atoms with E-state index in [4.69, 9.17) is 18.9 Å². The minimum Gasteiger partial charge on any atom is -0.507 e. The molecule has 6 heteroatoms. The number of hydrogen-bond donors (Lipinski definition) is 2. The number of ether oxygens (including phenoxy) is 4. The Morgan fingerprint density at radius 3 is 1.49 bits per heavy atom. The second-order valence-electron chi connectivity index (χ2n) is 9.58. The van der Waals surface area contributed by atoms with E-state index in [1.54, 1.807) is 12.1 Å². The molecule has 0 atom stereocenters. The van der Waals surface area contributed by atoms with Crippen LogP contribution in [-0.4, -0.2) is 23.8 Å². The molecule has 41 heavy (non-hydrogen) atoms. The van der Waals surface area contributed by atoms with Gasteiger partial charge >= 0.3 is 0 Å². The number of para-hydroxylation sites is 2. The zero-order valence-corrected chi connectivity index (χ0v) is 22.4. The maximum absolute atomic E-state index is 11.5. The van der Waals surface area contributed by atoms with Gasteiger partial charge in [-0.2, -0.15) is 0 Å². The Labute approximate surface area is 237 Å². The summed E-state index contributed by atoms with van der Waals surface area (Å²) >= 11 is 0. The van der Waals surface area contributed by atoms with Crippen molar-refractivity contribution >= 4 is 21.5 Å². The first-order chi connectivity index (χ1) is 20.1. The molecule has 6 rings (SSSR count). The van der Waals surface area contributed by atoms with E-state index in [1.807, 2.05) is 110 Å². The molecule has 0 aliphatic heterocycles. The second kappa shape index (κ2) is 11.4. The molecule has 2 N–H and O–H groups in total. The summed E-state index contributed by atoms with van der Waals surface area (Å²) in [6.07, 6.45) is 0. The van der Waals surface area contributed by atoms with Gasteiger partial charge in [-0.25, -0.2) is 0 Å². The van der Waals surface area contributed by atoms with Crippen molar-refractivity contribution in [3.05, 3.63) is 121 Å². The highest BCUT2D eigenvalue weighted by Crippen LogP contribution is 2.48. The Kier molecular flexibility index (Phi) is 7.20. The number of hydrogen-bond acceptors (Lipinski definition) is 6. The van der Waals surface area contributed by atoms with Gasteiger partial charge in [0.05, 0.1) is 0 Å². The van der Waals surface area contributed by atoms with Crippen LogP contribution in [0.25, 0.3) is 32.7 Å². The fraction of sp³-hybridized carbons (Fsp3) is 0.0857. The summed E-state index contributed by atoms with van der Waals surface area (Å²) in [5.41, 5.74) is 1.77. The zero-order valence-electron chi connectivity index (χ0n) is 22.4. The van der Waals surface area contributed by atoms with Gasteiger partial charge in [0.2, 0.25) is 13.6 Å². The second-order valence-corrected chi connectivity index (χ2v) is 9.58. The van der Waals surface area contributed by atoms with E-state index in [9.17, 15) is 10.2 Å². The van der Waals surface area contributed by atoms with Crippen LogP contribution in [0.3, 0.4) is 0 Å². The predicted molar refractivity (Wildman–Crippen MR) is 160 cm³/mol. The molecule has 0 saturated heterocycles. The average molecular weight is 545 g/mol. The van der Waals surface area contributed by atoms with Crippen molar-refractivity contribution in [1.82, 2.24) is 0 Å². The van der Waals surface area contributed by atoms with E-state index in [0.29, 0.717) is 50.3 Å². The van der Waals surface area contributed by atoms with Gasteiger partial charge in [-0.05, 0) is 49.4 Å². The SMILES string of the molecule is Cc1ccc2c(OCOc3ccccc3)cc(-c3cc(OCOc4ccccc4)c4ccccc4c3O)c(O)c2c1. The van der Waals surface area contributed by atoms with E-state index in [0.717, 1.165) is 10.9 Å². The van der Waals surface area contributed by atoms with Crippen LogP contribution in [0.15, 0.2) is 115 Å². The summed E-state index contributed by atoms with van der Waals surface area (Å²) in [5.74, 6) is 2.41. The van der Waals surface area contributed by atoms with Crippen LogP contribution in [0, 0.1) is 6.92 Å². The third-order valence-corrected chi connectivity index (χ3v) is 6.86. The van der Waals surface area contributed by atoms with Gasteiger partial charge in [0.25, 0.3) is 0 Å². The molecule has 6 aromatic rings. The highest BCUT2D eigenvalue weighted by Gasteiger charge is 2.20. The van der Waals surface area contributed by atoms with Crippen LogP contribution in [0.2, 0.25) is 0 Å². The number of aryl methyl sites for hydroxylation is 1. The number of aromatic hydroxyl groups is 2. The Morgan fingerprint density at radius 1 is 0.463 bits per heavy atom. The van der Waals surface area contributed by atoms with Crippen molar-refractivity contribution in [2.45, 2.75) is 6.92 Å². The minimum absolute atomic E-state index is 0.0192. The van der Waals surface area contributed by atoms with Crippen LogP contribution in [0.4, 0.5) is 0 Å². The largest absolute Gasteiger partial charge is 0.507 e. The number of fused-ring (bicyclic) bond motifs is 2. The van der Waals surface area contributed by atoms with Crippen molar-refractivity contribution < 1.29 is 29.2 Å². The van der Waals surface area contributed by atoms with E-state index < -0.39 is 0 Å². The van der Waals surface area contributed by atoms with Gasteiger partial charge in [0.1, 0.15) is 34.5 Å². The van der Waals surface area contributed by atoms with Crippen molar-refractivity contribution in [2.75, 3.05) is 13.6 Å². The minimum atomic E-state index is -0.0356. The van der Waals surface area contributed by atoms with Gasteiger partial charge in [0.15, 0.2) is 0 Å². The Morgan fingerprint density at radius 2 is 0.927 bits per heavy atom. The van der Waals surface area contributed by atoms with Crippen molar-refractivity contribution in [2.24, 2.45) is 0 Å². The summed E-state index contributed by atoms with van der Waals surface area (Å²) in [5, 5.41) is 25.6. The van der Waals surface area contributed by atoms with Gasteiger partial charge in [0, 0.05) is 32.7 Å². The molecule has 0 aromatic heterocycles. The molecule has 0 fully saturated rings. The maximum Gasteiger partial charge on any atom is 0.230 e. The molecule has 0 radical (unpaired) electrons. The fourth-order valence-corrected chi connectivity index (χ4v) is 4.82. The first kappa shape index (κ1) is 25.9. The average Bonchev–Trinajstić information content (AvgIpc) is 3.01. The first-order valence-electron chi connectivity index (χ1n) is 13.2. The maximum atomic E-state index is 11.5. The third kappa shape index (κ3) is 5.40. The predicted octanol–water partition coefficient (Wildman–Crippen LogP) is 8.21. The van der Waals surface area contributed by atoms with Crippen LogP contribution in [0.5, 0.6) is 34.5 Å². The van der Waals surface area contributed by atoms with Crippen LogP contribution in [-0.2, 0) is 0 Å². The highest BCUT2D eigenvalue weighted by molar-refractivity contribution is 6.04. The number of phenolic OH excluding ortho intramolecular Hbond substituents is 2. The molecule has 0 aliphatic rings. The van der Waals surface area contributed by atoms with Crippen LogP contribution >= 0.6 is 0 Å². The molecular formula is C35H28O6. The molecule has 204 valence electrons. The third-order valence-electron chi connectivity index (χ3n) is 6.86. The molecule has 6 nitrogen and oxygen atoms in total. The lowest BCUT2D eigenvalue weighted by atomic mass is 9.94. The van der Waals surface area contributed by atoms with Crippen LogP contribution in [0.1, 0.15) is 5.56 Å². The topological polar surface area (TPSA) is 77.4 Å². The number of benzene rings is 6. The lowest BCUT2D eigenvalue weighted by molar-refractivity contribution is 0.121. The van der Waals surface area contributed by atoms with Crippen LogP contribution < -0.4 is 18.9 Å². The van der Waals surface area contributed by atoms with Gasteiger partial charge < -0.3 is 29.2 Å². The summed E-state index contributed by atoms with van der Waals surface area (Å²) in [7, 11) is 0. The molecule has 0 heterocycles. The molecule has 0 unspecified atom stereocenters. The van der Waals surface area contributed by atoms with Crippen molar-refractivity contribution in [1.29, 1.82) is 0 Å². The first-order valence-corrected chi connectivity index (χ1v) is 13.2. The number of phenols is 2. The highest BCUT2D eigenvalue weighted by atomic mass is 16.7. The van der Waals surface area contributed by atoms with Gasteiger partial charge in [-0.3, -0.25) is 0 Å². The zero-order chi connectivity index (χ0) is 28.2. The molecule has 0 spiro atoms. The van der Waals surface area contributed by atoms with Crippen molar-refractivity contribution in [3.8, 4) is 45.6 Å². The Hall–Kier alpha value is -5.36. The lowest BCUT2D eigenvalue weighted by Gasteiger charge is -2.18. The van der Waals surface area contributed by atoms with E-state index in [-0.39, 0.29) is 25.1 Å². The summed E-state index contributed by atoms with van der Waals surface area (Å²) in [6, 6.07) is 35.4. The summed E-state index contributed by atoms with van der Waals surface area (Å²) < 4.78 is 23.7. The standard InChI is InChI=1S/C35H28O6/c1-23-16-17-27-29(18-23)35(37)31(20-33(27)41-22-39-25-12-6-3-7-13-25)30-19-32(26-14-8-9-15-28(26)34(30)36)40-21-38-24-10-4-2-5-11-24/h2-20,36-37H,21-22H2,1H3. The molecule has 0 saturated carbocycles. The van der Waals surface area contributed by atoms with E-state index in [1.165, 1.54) is 0 Å². The van der Waals surface area contributed by atoms with E-state index >= 15 is 0 Å². The number of rotatable bonds is 9. The van der Waals surface area contributed by atoms with E-state index in [2.05, 4.69) is 0 Å². The fourth-order valence-electron chi connectivity index (χ4n) is 4.82. The molecule has 0 bridgehead atoms. The monoisotopic (exact) mass is 544 g/mol. The molecule has 6 aromatic carbocycles. The molecule has 0 aliphatic carbocycles. The normalized spacial score (nSPS) is 11.0. The summed E-state index contributed by atoms with van der Waals surface area (Å²) in [6.45, 7) is 1.88.